The number of aromatic nitrogens is 2. The van der Waals surface area contributed by atoms with Gasteiger partial charge in [-0.05, 0) is 58.3 Å². The number of Topliss-reactive ketones (excluding diaryl/α,β-unsaturated/α-hetero) is 1. The molecule has 0 bridgehead atoms. The van der Waals surface area contributed by atoms with Gasteiger partial charge < -0.3 is 4.90 Å². The highest BCUT2D eigenvalue weighted by Crippen LogP contribution is 2.35. The van der Waals surface area contributed by atoms with Crippen LogP contribution in [0.2, 0.25) is 0 Å². The second-order valence-electron chi connectivity index (χ2n) is 8.86. The minimum absolute atomic E-state index is 0.0777. The van der Waals surface area contributed by atoms with Crippen LogP contribution in [0.3, 0.4) is 0 Å². The Morgan fingerprint density at radius 3 is 2.64 bits per heavy atom. The van der Waals surface area contributed by atoms with Gasteiger partial charge in [-0.25, -0.2) is 4.98 Å². The normalized spacial score (nSPS) is 14.6. The Balaban J connectivity index is 1.99. The average molecular weight is 422 g/mol. The van der Waals surface area contributed by atoms with E-state index in [-0.39, 0.29) is 16.8 Å². The number of aryl methyl sites for hydroxylation is 2. The highest BCUT2D eigenvalue weighted by Gasteiger charge is 2.25. The Hall–Kier alpha value is -1.18. The summed E-state index contributed by atoms with van der Waals surface area (Å²) < 4.78 is 1.81. The Kier molecular flexibility index (Phi) is 6.67. The van der Waals surface area contributed by atoms with Gasteiger partial charge in [-0.2, -0.15) is 0 Å². The lowest BCUT2D eigenvalue weighted by atomic mass is 9.92. The molecule has 0 fully saturated rings. The highest BCUT2D eigenvalue weighted by atomic mass is 32.2. The maximum absolute atomic E-state index is 13.4. The second-order valence-corrected chi connectivity index (χ2v) is 10.9. The molecule has 0 unspecified atom stereocenters. The predicted molar refractivity (Wildman–Crippen MR) is 119 cm³/mol. The van der Waals surface area contributed by atoms with Gasteiger partial charge >= 0.3 is 0 Å². The summed E-state index contributed by atoms with van der Waals surface area (Å²) in [5, 5.41) is 1.52. The van der Waals surface area contributed by atoms with E-state index >= 15 is 0 Å². The first-order chi connectivity index (χ1) is 13.2. The second kappa shape index (κ2) is 8.67. The molecule has 0 aliphatic heterocycles. The molecule has 0 spiro atoms. The molecule has 2 aromatic rings. The van der Waals surface area contributed by atoms with Crippen LogP contribution in [-0.4, -0.2) is 46.6 Å². The van der Waals surface area contributed by atoms with E-state index in [0.717, 1.165) is 42.4 Å². The lowest BCUT2D eigenvalue weighted by Crippen LogP contribution is -2.27. The first kappa shape index (κ1) is 21.5. The summed E-state index contributed by atoms with van der Waals surface area (Å²) in [6, 6.07) is 0. The van der Waals surface area contributed by atoms with Crippen molar-refractivity contribution in [3.63, 3.8) is 0 Å². The van der Waals surface area contributed by atoms with Gasteiger partial charge in [-0.1, -0.05) is 32.5 Å². The Bertz CT molecular complexity index is 922. The largest absolute Gasteiger partial charge is 0.309 e. The summed E-state index contributed by atoms with van der Waals surface area (Å²) in [6.45, 7) is 7.35. The third kappa shape index (κ3) is 4.69. The van der Waals surface area contributed by atoms with Crippen LogP contribution in [0.4, 0.5) is 0 Å². The summed E-state index contributed by atoms with van der Waals surface area (Å²) >= 11 is 3.09. The van der Waals surface area contributed by atoms with Gasteiger partial charge in [-0.3, -0.25) is 14.2 Å². The smallest absolute Gasteiger partial charge is 0.263 e. The summed E-state index contributed by atoms with van der Waals surface area (Å²) in [5.41, 5.74) is 0.927. The maximum atomic E-state index is 13.4. The molecule has 2 aromatic heterocycles. The molecule has 0 aromatic carbocycles. The molecule has 2 heterocycles. The number of thioether (sulfide) groups is 1. The van der Waals surface area contributed by atoms with Crippen molar-refractivity contribution in [2.24, 2.45) is 5.41 Å². The van der Waals surface area contributed by atoms with Gasteiger partial charge in [0.25, 0.3) is 5.56 Å². The third-order valence-electron chi connectivity index (χ3n) is 5.20. The van der Waals surface area contributed by atoms with Crippen molar-refractivity contribution in [3.05, 3.63) is 20.8 Å². The number of ketones is 1. The molecule has 3 rings (SSSR count). The molecule has 1 aliphatic carbocycles. The van der Waals surface area contributed by atoms with E-state index in [2.05, 4.69) is 4.90 Å². The van der Waals surface area contributed by atoms with Crippen molar-refractivity contribution in [1.82, 2.24) is 14.5 Å². The highest BCUT2D eigenvalue weighted by molar-refractivity contribution is 7.99. The molecule has 0 saturated carbocycles. The van der Waals surface area contributed by atoms with Crippen LogP contribution >= 0.6 is 23.1 Å². The van der Waals surface area contributed by atoms with Gasteiger partial charge in [0.1, 0.15) is 10.6 Å². The number of fused-ring (bicyclic) bond motifs is 3. The monoisotopic (exact) mass is 421 g/mol. The van der Waals surface area contributed by atoms with E-state index < -0.39 is 0 Å². The van der Waals surface area contributed by atoms with Crippen molar-refractivity contribution in [2.75, 3.05) is 26.4 Å². The summed E-state index contributed by atoms with van der Waals surface area (Å²) in [7, 11) is 4.08. The zero-order valence-electron chi connectivity index (χ0n) is 17.6. The molecule has 1 aliphatic rings. The number of carbonyl (C=O) groups excluding carboxylic acids is 1. The molecule has 0 atom stereocenters. The number of nitrogens with zero attached hydrogens (tertiary/aromatic N) is 3. The third-order valence-corrected chi connectivity index (χ3v) is 7.36. The average Bonchev–Trinajstić information content (AvgIpc) is 2.99. The Morgan fingerprint density at radius 1 is 1.25 bits per heavy atom. The minimum atomic E-state index is -0.380. The van der Waals surface area contributed by atoms with E-state index in [1.165, 1.54) is 28.6 Å². The molecule has 0 N–H and O–H groups in total. The van der Waals surface area contributed by atoms with Crippen LogP contribution in [0.5, 0.6) is 0 Å². The fourth-order valence-electron chi connectivity index (χ4n) is 3.42. The van der Waals surface area contributed by atoms with Gasteiger partial charge in [0.05, 0.1) is 11.1 Å². The van der Waals surface area contributed by atoms with E-state index in [9.17, 15) is 9.59 Å². The predicted octanol–water partition coefficient (Wildman–Crippen LogP) is 4.00. The van der Waals surface area contributed by atoms with Crippen LogP contribution in [-0.2, 0) is 24.2 Å². The quantitative estimate of drug-likeness (QED) is 0.500. The standard InChI is InChI=1S/C21H31N3O2S2/c1-21(2,3)16(25)13-27-20-22-18-17(14-9-6-7-10-15(14)28-18)19(26)24(20)12-8-11-23(4)5/h6-13H2,1-5H3. The number of carbonyl (C=O) groups is 1. The lowest BCUT2D eigenvalue weighted by molar-refractivity contribution is -0.123. The first-order valence-electron chi connectivity index (χ1n) is 10.0. The molecule has 154 valence electrons. The van der Waals surface area contributed by atoms with Crippen molar-refractivity contribution in [1.29, 1.82) is 0 Å². The van der Waals surface area contributed by atoms with E-state index in [1.807, 2.05) is 39.4 Å². The summed E-state index contributed by atoms with van der Waals surface area (Å²) in [5.74, 6) is 0.525. The lowest BCUT2D eigenvalue weighted by Gasteiger charge is -2.18. The van der Waals surface area contributed by atoms with Gasteiger partial charge in [0, 0.05) is 16.8 Å². The summed E-state index contributed by atoms with van der Waals surface area (Å²) in [4.78, 5) is 35.0. The number of rotatable bonds is 7. The maximum Gasteiger partial charge on any atom is 0.263 e. The Morgan fingerprint density at radius 2 is 1.96 bits per heavy atom. The van der Waals surface area contributed by atoms with Crippen LogP contribution in [0, 0.1) is 5.41 Å². The van der Waals surface area contributed by atoms with E-state index in [0.29, 0.717) is 17.5 Å². The van der Waals surface area contributed by atoms with Gasteiger partial charge in [0.15, 0.2) is 5.16 Å². The van der Waals surface area contributed by atoms with Crippen molar-refractivity contribution < 1.29 is 4.79 Å². The van der Waals surface area contributed by atoms with E-state index in [4.69, 9.17) is 4.98 Å². The van der Waals surface area contributed by atoms with Crippen LogP contribution in [0.25, 0.3) is 10.2 Å². The number of hydrogen-bond donors (Lipinski definition) is 0. The molecule has 28 heavy (non-hydrogen) atoms. The molecule has 5 nitrogen and oxygen atoms in total. The fourth-order valence-corrected chi connectivity index (χ4v) is 5.91. The zero-order valence-corrected chi connectivity index (χ0v) is 19.3. The fraction of sp³-hybridized carbons (Fsp3) is 0.667. The number of thiophene rings is 1. The van der Waals surface area contributed by atoms with Gasteiger partial charge in [0.2, 0.25) is 0 Å². The first-order valence-corrected chi connectivity index (χ1v) is 11.8. The van der Waals surface area contributed by atoms with Crippen molar-refractivity contribution in [3.8, 4) is 0 Å². The van der Waals surface area contributed by atoms with Crippen molar-refractivity contribution in [2.45, 2.75) is 64.6 Å². The zero-order chi connectivity index (χ0) is 20.5. The van der Waals surface area contributed by atoms with Crippen LogP contribution in [0.1, 0.15) is 50.5 Å². The molecule has 0 saturated heterocycles. The Labute approximate surface area is 175 Å². The SMILES string of the molecule is CN(C)CCCn1c(SCC(=O)C(C)(C)C)nc2sc3c(c2c1=O)CCCC3. The number of hydrogen-bond acceptors (Lipinski definition) is 6. The molecular formula is C21H31N3O2S2. The topological polar surface area (TPSA) is 55.2 Å². The minimum Gasteiger partial charge on any atom is -0.309 e. The van der Waals surface area contributed by atoms with E-state index in [1.54, 1.807) is 11.3 Å². The molecular weight excluding hydrogens is 390 g/mol. The van der Waals surface area contributed by atoms with Crippen molar-refractivity contribution >= 4 is 39.1 Å². The van der Waals surface area contributed by atoms with Crippen LogP contribution < -0.4 is 5.56 Å². The molecule has 0 radical (unpaired) electrons. The molecule has 0 amide bonds. The van der Waals surface area contributed by atoms with Crippen LogP contribution in [0.15, 0.2) is 9.95 Å². The molecule has 7 heteroatoms. The summed E-state index contributed by atoms with van der Waals surface area (Å²) in [6.07, 6.45) is 5.27. The van der Waals surface area contributed by atoms with Gasteiger partial charge in [-0.15, -0.1) is 11.3 Å².